The van der Waals surface area contributed by atoms with Crippen LogP contribution in [0.2, 0.25) is 0 Å². The lowest BCUT2D eigenvalue weighted by molar-refractivity contribution is 0.208. The molecule has 2 heterocycles. The number of piperazine rings is 1. The van der Waals surface area contributed by atoms with Crippen LogP contribution in [0.3, 0.4) is 0 Å². The molecule has 7 nitrogen and oxygen atoms in total. The zero-order valence-corrected chi connectivity index (χ0v) is 18.0. The Labute approximate surface area is 181 Å². The topological polar surface area (TPSA) is 70.5 Å². The number of anilines is 2. The van der Waals surface area contributed by atoms with Crippen molar-refractivity contribution in [3.8, 4) is 0 Å². The molecule has 2 amide bonds. The third kappa shape index (κ3) is 3.89. The van der Waals surface area contributed by atoms with Crippen LogP contribution >= 0.6 is 15.9 Å². The monoisotopic (exact) mass is 473 g/mol. The third-order valence-corrected chi connectivity index (χ3v) is 5.68. The molecule has 4 rings (SSSR count). The summed E-state index contributed by atoms with van der Waals surface area (Å²) in [4.78, 5) is 33.6. The molecule has 1 aliphatic rings. The minimum Gasteiger partial charge on any atom is -0.348 e. The van der Waals surface area contributed by atoms with Crippen LogP contribution < -0.4 is 15.8 Å². The van der Waals surface area contributed by atoms with Crippen LogP contribution in [-0.2, 0) is 6.54 Å². The van der Waals surface area contributed by atoms with Crippen molar-refractivity contribution in [3.05, 3.63) is 63.1 Å². The van der Waals surface area contributed by atoms with E-state index >= 15 is 0 Å². The van der Waals surface area contributed by atoms with Gasteiger partial charge in [-0.1, -0.05) is 28.1 Å². The van der Waals surface area contributed by atoms with Gasteiger partial charge in [0.05, 0.1) is 16.7 Å². The summed E-state index contributed by atoms with van der Waals surface area (Å²) in [6, 6.07) is 11.7. The summed E-state index contributed by atoms with van der Waals surface area (Å²) in [6.45, 7) is 4.24. The molecule has 0 bridgehead atoms. The van der Waals surface area contributed by atoms with Crippen molar-refractivity contribution >= 4 is 44.5 Å². The van der Waals surface area contributed by atoms with Crippen LogP contribution in [0.15, 0.2) is 51.7 Å². The summed E-state index contributed by atoms with van der Waals surface area (Å²) < 4.78 is 16.3. The number of urea groups is 1. The number of para-hydroxylation sites is 2. The molecule has 1 aromatic heterocycles. The highest BCUT2D eigenvalue weighted by molar-refractivity contribution is 9.10. The second-order valence-electron chi connectivity index (χ2n) is 7.00. The number of rotatable bonds is 3. The number of amides is 2. The molecule has 0 spiro atoms. The first-order chi connectivity index (χ1) is 14.5. The number of nitrogens with zero attached hydrogens (tertiary/aromatic N) is 4. The van der Waals surface area contributed by atoms with Gasteiger partial charge in [-0.25, -0.2) is 14.2 Å². The van der Waals surface area contributed by atoms with Crippen molar-refractivity contribution in [2.75, 3.05) is 36.4 Å². The van der Waals surface area contributed by atoms with Crippen LogP contribution in [-0.4, -0.2) is 46.7 Å². The lowest BCUT2D eigenvalue weighted by atomic mass is 10.2. The van der Waals surface area contributed by atoms with Crippen molar-refractivity contribution in [3.63, 3.8) is 0 Å². The molecule has 0 saturated carbocycles. The number of fused-ring (bicyclic) bond motifs is 1. The summed E-state index contributed by atoms with van der Waals surface area (Å²) in [7, 11) is 0. The second-order valence-corrected chi connectivity index (χ2v) is 7.92. The number of aromatic nitrogens is 2. The minimum atomic E-state index is -0.503. The average molecular weight is 474 g/mol. The highest BCUT2D eigenvalue weighted by atomic mass is 79.9. The van der Waals surface area contributed by atoms with E-state index < -0.39 is 5.82 Å². The maximum absolute atomic E-state index is 14.0. The van der Waals surface area contributed by atoms with Gasteiger partial charge in [0.1, 0.15) is 5.82 Å². The minimum absolute atomic E-state index is 0.132. The number of carbonyl (C=O) groups is 1. The maximum atomic E-state index is 14.0. The molecule has 0 atom stereocenters. The van der Waals surface area contributed by atoms with Gasteiger partial charge in [0.15, 0.2) is 5.82 Å². The molecule has 3 aromatic rings. The normalized spacial score (nSPS) is 14.2. The highest BCUT2D eigenvalue weighted by Gasteiger charge is 2.25. The average Bonchev–Trinajstić information content (AvgIpc) is 2.75. The van der Waals surface area contributed by atoms with Gasteiger partial charge in [-0.15, -0.1) is 0 Å². The van der Waals surface area contributed by atoms with Crippen molar-refractivity contribution in [2.24, 2.45) is 0 Å². The number of hydrogen-bond donors (Lipinski definition) is 1. The first kappa shape index (κ1) is 20.3. The first-order valence-electron chi connectivity index (χ1n) is 9.73. The predicted molar refractivity (Wildman–Crippen MR) is 119 cm³/mol. The van der Waals surface area contributed by atoms with Crippen molar-refractivity contribution < 1.29 is 9.18 Å². The number of hydrogen-bond acceptors (Lipinski definition) is 4. The van der Waals surface area contributed by atoms with E-state index in [1.165, 1.54) is 12.1 Å². The lowest BCUT2D eigenvalue weighted by Crippen LogP contribution is -2.51. The molecule has 0 aliphatic carbocycles. The Morgan fingerprint density at radius 1 is 1.17 bits per heavy atom. The number of halogens is 2. The highest BCUT2D eigenvalue weighted by Crippen LogP contribution is 2.20. The van der Waals surface area contributed by atoms with Gasteiger partial charge in [0.2, 0.25) is 0 Å². The van der Waals surface area contributed by atoms with E-state index in [2.05, 4.69) is 26.2 Å². The quantitative estimate of drug-likeness (QED) is 0.629. The van der Waals surface area contributed by atoms with Gasteiger partial charge in [-0.05, 0) is 37.3 Å². The van der Waals surface area contributed by atoms with Gasteiger partial charge >= 0.3 is 6.03 Å². The van der Waals surface area contributed by atoms with Gasteiger partial charge in [0, 0.05) is 37.2 Å². The Balaban J connectivity index is 1.49. The molecule has 156 valence electrons. The zero-order chi connectivity index (χ0) is 21.3. The smallest absolute Gasteiger partial charge is 0.322 e. The molecule has 1 aliphatic heterocycles. The van der Waals surface area contributed by atoms with E-state index in [9.17, 15) is 14.0 Å². The number of benzene rings is 2. The number of aryl methyl sites for hydroxylation is 1. The molecule has 30 heavy (non-hydrogen) atoms. The van der Waals surface area contributed by atoms with Gasteiger partial charge in [-0.2, -0.15) is 0 Å². The summed E-state index contributed by atoms with van der Waals surface area (Å²) in [6.07, 6.45) is 0. The zero-order valence-electron chi connectivity index (χ0n) is 16.4. The molecule has 1 fully saturated rings. The fraction of sp³-hybridized carbons (Fsp3) is 0.286. The summed E-state index contributed by atoms with van der Waals surface area (Å²) in [5.41, 5.74) is 1.57. The molecular formula is C21H21BrFN5O2. The maximum Gasteiger partial charge on any atom is 0.322 e. The number of carbonyl (C=O) groups excluding carboxylic acids is 1. The fourth-order valence-corrected chi connectivity index (χ4v) is 3.94. The molecule has 0 radical (unpaired) electrons. The van der Waals surface area contributed by atoms with Crippen LogP contribution in [0.5, 0.6) is 0 Å². The lowest BCUT2D eigenvalue weighted by Gasteiger charge is -2.35. The second kappa shape index (κ2) is 8.43. The molecular weight excluding hydrogens is 453 g/mol. The van der Waals surface area contributed by atoms with E-state index in [1.807, 2.05) is 36.1 Å². The summed E-state index contributed by atoms with van der Waals surface area (Å²) >= 11 is 3.20. The molecule has 0 unspecified atom stereocenters. The first-order valence-corrected chi connectivity index (χ1v) is 10.5. The molecule has 1 saturated heterocycles. The number of nitrogens with one attached hydrogen (secondary N) is 1. The van der Waals surface area contributed by atoms with E-state index in [4.69, 9.17) is 0 Å². The Kier molecular flexibility index (Phi) is 5.72. The van der Waals surface area contributed by atoms with Crippen LogP contribution in [0.4, 0.5) is 20.7 Å². The van der Waals surface area contributed by atoms with Crippen LogP contribution in [0.1, 0.15) is 6.92 Å². The van der Waals surface area contributed by atoms with Gasteiger partial charge in [0.25, 0.3) is 5.56 Å². The van der Waals surface area contributed by atoms with Crippen LogP contribution in [0, 0.1) is 5.82 Å². The fourth-order valence-electron chi connectivity index (χ4n) is 3.61. The van der Waals surface area contributed by atoms with E-state index in [0.29, 0.717) is 43.0 Å². The van der Waals surface area contributed by atoms with Crippen molar-refractivity contribution in [1.82, 2.24) is 14.5 Å². The molecule has 2 aromatic carbocycles. The van der Waals surface area contributed by atoms with Gasteiger partial charge in [-0.3, -0.25) is 4.79 Å². The van der Waals surface area contributed by atoms with Crippen molar-refractivity contribution in [1.29, 1.82) is 0 Å². The van der Waals surface area contributed by atoms with Gasteiger partial charge < -0.3 is 19.7 Å². The third-order valence-electron chi connectivity index (χ3n) is 5.19. The Hall–Kier alpha value is -2.94. The summed E-state index contributed by atoms with van der Waals surface area (Å²) in [5, 5.41) is 2.61. The molecule has 9 heteroatoms. The molecule has 1 N–H and O–H groups in total. The van der Waals surface area contributed by atoms with Crippen molar-refractivity contribution in [2.45, 2.75) is 13.5 Å². The Morgan fingerprint density at radius 3 is 2.60 bits per heavy atom. The van der Waals surface area contributed by atoms with E-state index in [0.717, 1.165) is 11.0 Å². The SMILES string of the molecule is CCn1c(=O)c(N2CCN(C(=O)Nc3ccc(Br)cc3F)CC2)nc2ccccc21. The standard InChI is InChI=1S/C21H21BrFN5O2/c1-2-28-18-6-4-3-5-17(18)24-19(20(28)29)26-9-11-27(12-10-26)21(30)25-16-8-7-14(22)13-15(16)23/h3-8,13H,2,9-12H2,1H3,(H,25,30). The van der Waals surface area contributed by atoms with E-state index in [-0.39, 0.29) is 17.3 Å². The van der Waals surface area contributed by atoms with Crippen LogP contribution in [0.25, 0.3) is 11.0 Å². The predicted octanol–water partition coefficient (Wildman–Crippen LogP) is 3.67. The van der Waals surface area contributed by atoms with E-state index in [1.54, 1.807) is 15.5 Å². The summed E-state index contributed by atoms with van der Waals surface area (Å²) in [5.74, 6) is -0.105. The Morgan fingerprint density at radius 2 is 1.90 bits per heavy atom. The Bertz CT molecular complexity index is 1160. The largest absolute Gasteiger partial charge is 0.348 e.